The van der Waals surface area contributed by atoms with E-state index in [1.54, 1.807) is 18.0 Å². The number of rotatable bonds is 3. The zero-order valence-corrected chi connectivity index (χ0v) is 9.55. The van der Waals surface area contributed by atoms with E-state index in [-0.39, 0.29) is 11.7 Å². The second kappa shape index (κ2) is 4.12. The fourth-order valence-electron chi connectivity index (χ4n) is 1.86. The third-order valence-electron chi connectivity index (χ3n) is 3.16. The first-order valence-electron chi connectivity index (χ1n) is 5.48. The van der Waals surface area contributed by atoms with Gasteiger partial charge in [0.2, 0.25) is 0 Å². The highest BCUT2D eigenvalue weighted by Crippen LogP contribution is 2.38. The van der Waals surface area contributed by atoms with Gasteiger partial charge in [0.25, 0.3) is 5.91 Å². The van der Waals surface area contributed by atoms with Gasteiger partial charge in [-0.05, 0) is 24.3 Å². The molecule has 1 fully saturated rings. The van der Waals surface area contributed by atoms with Crippen LogP contribution in [0.5, 0.6) is 5.75 Å². The van der Waals surface area contributed by atoms with Crippen molar-refractivity contribution in [1.29, 1.82) is 0 Å². The lowest BCUT2D eigenvalue weighted by molar-refractivity contribution is 0.0784. The molecule has 0 spiro atoms. The Hall–Kier alpha value is -1.58. The lowest BCUT2D eigenvalue weighted by atomic mass is 10.2. The molecule has 1 heterocycles. The van der Waals surface area contributed by atoms with Gasteiger partial charge in [-0.25, -0.2) is 0 Å². The number of hydrogen-bond donors (Lipinski definition) is 1. The molecular weight excluding hydrogens is 204 g/mol. The minimum atomic E-state index is -0.140. The predicted molar refractivity (Wildman–Crippen MR) is 60.1 cm³/mol. The SMILES string of the molecule is CC1CC1CN(C)C(=O)c1ccncc1O. The van der Waals surface area contributed by atoms with E-state index in [1.807, 2.05) is 0 Å². The van der Waals surface area contributed by atoms with Crippen LogP contribution in [0.15, 0.2) is 18.5 Å². The molecule has 2 unspecified atom stereocenters. The zero-order valence-electron chi connectivity index (χ0n) is 9.55. The van der Waals surface area contributed by atoms with E-state index in [2.05, 4.69) is 11.9 Å². The van der Waals surface area contributed by atoms with Gasteiger partial charge in [-0.15, -0.1) is 0 Å². The summed E-state index contributed by atoms with van der Waals surface area (Å²) in [7, 11) is 1.77. The van der Waals surface area contributed by atoms with Crippen LogP contribution in [0.4, 0.5) is 0 Å². The number of aromatic hydroxyl groups is 1. The molecule has 2 atom stereocenters. The Kier molecular flexibility index (Phi) is 2.81. The number of nitrogens with zero attached hydrogens (tertiary/aromatic N) is 2. The molecule has 4 nitrogen and oxygen atoms in total. The van der Waals surface area contributed by atoms with Crippen molar-refractivity contribution < 1.29 is 9.90 Å². The number of carbonyl (C=O) groups excluding carboxylic acids is 1. The molecule has 1 saturated carbocycles. The van der Waals surface area contributed by atoms with Gasteiger partial charge in [-0.3, -0.25) is 9.78 Å². The second-order valence-corrected chi connectivity index (χ2v) is 4.55. The van der Waals surface area contributed by atoms with Crippen LogP contribution in [-0.2, 0) is 0 Å². The molecule has 1 amide bonds. The molecule has 0 saturated heterocycles. The summed E-state index contributed by atoms with van der Waals surface area (Å²) in [6.07, 6.45) is 4.00. The average molecular weight is 220 g/mol. The maximum absolute atomic E-state index is 12.0. The van der Waals surface area contributed by atoms with Crippen molar-refractivity contribution in [2.75, 3.05) is 13.6 Å². The van der Waals surface area contributed by atoms with E-state index >= 15 is 0 Å². The summed E-state index contributed by atoms with van der Waals surface area (Å²) >= 11 is 0. The van der Waals surface area contributed by atoms with Crippen LogP contribution in [0.25, 0.3) is 0 Å². The van der Waals surface area contributed by atoms with Crippen molar-refractivity contribution in [3.05, 3.63) is 24.0 Å². The van der Waals surface area contributed by atoms with Crippen molar-refractivity contribution in [1.82, 2.24) is 9.88 Å². The van der Waals surface area contributed by atoms with Crippen molar-refractivity contribution in [3.8, 4) is 5.75 Å². The molecular formula is C12H16N2O2. The largest absolute Gasteiger partial charge is 0.505 e. The average Bonchev–Trinajstić information content (AvgIpc) is 2.94. The quantitative estimate of drug-likeness (QED) is 0.840. The van der Waals surface area contributed by atoms with Gasteiger partial charge in [0.1, 0.15) is 5.75 Å². The van der Waals surface area contributed by atoms with Gasteiger partial charge >= 0.3 is 0 Å². The Morgan fingerprint density at radius 3 is 2.94 bits per heavy atom. The van der Waals surface area contributed by atoms with Crippen molar-refractivity contribution in [3.63, 3.8) is 0 Å². The summed E-state index contributed by atoms with van der Waals surface area (Å²) in [6.45, 7) is 2.95. The summed E-state index contributed by atoms with van der Waals surface area (Å²) in [5.74, 6) is 1.15. The van der Waals surface area contributed by atoms with Crippen LogP contribution < -0.4 is 0 Å². The summed E-state index contributed by atoms with van der Waals surface area (Å²) in [5.41, 5.74) is 0.325. The van der Waals surface area contributed by atoms with Crippen molar-refractivity contribution in [2.24, 2.45) is 11.8 Å². The first-order chi connectivity index (χ1) is 7.59. The normalized spacial score (nSPS) is 22.9. The molecule has 4 heteroatoms. The van der Waals surface area contributed by atoms with Gasteiger partial charge in [0.15, 0.2) is 0 Å². The Morgan fingerprint density at radius 2 is 2.38 bits per heavy atom. The monoisotopic (exact) mass is 220 g/mol. The van der Waals surface area contributed by atoms with Gasteiger partial charge < -0.3 is 10.0 Å². The van der Waals surface area contributed by atoms with E-state index in [1.165, 1.54) is 18.8 Å². The van der Waals surface area contributed by atoms with Crippen molar-refractivity contribution in [2.45, 2.75) is 13.3 Å². The smallest absolute Gasteiger partial charge is 0.257 e. The Bertz CT molecular complexity index is 406. The third-order valence-corrected chi connectivity index (χ3v) is 3.16. The Balaban J connectivity index is 2.04. The molecule has 0 aromatic carbocycles. The molecule has 1 aliphatic rings. The molecule has 86 valence electrons. The van der Waals surface area contributed by atoms with Crippen LogP contribution in [0.2, 0.25) is 0 Å². The van der Waals surface area contributed by atoms with E-state index in [0.29, 0.717) is 11.5 Å². The van der Waals surface area contributed by atoms with Crippen LogP contribution >= 0.6 is 0 Å². The van der Waals surface area contributed by atoms with Crippen LogP contribution in [0.1, 0.15) is 23.7 Å². The summed E-state index contributed by atoms with van der Waals surface area (Å²) in [6, 6.07) is 1.55. The molecule has 1 aromatic rings. The molecule has 0 bridgehead atoms. The van der Waals surface area contributed by atoms with E-state index in [9.17, 15) is 9.90 Å². The van der Waals surface area contributed by atoms with Crippen LogP contribution in [0, 0.1) is 11.8 Å². The van der Waals surface area contributed by atoms with Crippen molar-refractivity contribution >= 4 is 5.91 Å². The fourth-order valence-corrected chi connectivity index (χ4v) is 1.86. The zero-order chi connectivity index (χ0) is 11.7. The molecule has 0 aliphatic heterocycles. The summed E-state index contributed by atoms with van der Waals surface area (Å²) in [4.78, 5) is 17.4. The summed E-state index contributed by atoms with van der Waals surface area (Å²) < 4.78 is 0. The highest BCUT2D eigenvalue weighted by atomic mass is 16.3. The third kappa shape index (κ3) is 2.15. The fraction of sp³-hybridized carbons (Fsp3) is 0.500. The molecule has 0 radical (unpaired) electrons. The van der Waals surface area contributed by atoms with Gasteiger partial charge in [-0.1, -0.05) is 6.92 Å². The minimum absolute atomic E-state index is 0.0526. The van der Waals surface area contributed by atoms with Gasteiger partial charge in [-0.2, -0.15) is 0 Å². The lowest BCUT2D eigenvalue weighted by Gasteiger charge is -2.17. The number of amides is 1. The molecule has 16 heavy (non-hydrogen) atoms. The number of aromatic nitrogens is 1. The Labute approximate surface area is 94.9 Å². The molecule has 1 aliphatic carbocycles. The van der Waals surface area contributed by atoms with E-state index in [4.69, 9.17) is 0 Å². The van der Waals surface area contributed by atoms with Gasteiger partial charge in [0, 0.05) is 19.8 Å². The second-order valence-electron chi connectivity index (χ2n) is 4.55. The first-order valence-corrected chi connectivity index (χ1v) is 5.48. The number of carbonyl (C=O) groups is 1. The van der Waals surface area contributed by atoms with Crippen LogP contribution in [0.3, 0.4) is 0 Å². The molecule has 1 aromatic heterocycles. The number of hydrogen-bond acceptors (Lipinski definition) is 3. The maximum Gasteiger partial charge on any atom is 0.257 e. The highest BCUT2D eigenvalue weighted by Gasteiger charge is 2.34. The predicted octanol–water partition coefficient (Wildman–Crippen LogP) is 1.52. The first kappa shape index (κ1) is 10.9. The minimum Gasteiger partial charge on any atom is -0.505 e. The maximum atomic E-state index is 12.0. The van der Waals surface area contributed by atoms with Gasteiger partial charge in [0.05, 0.1) is 11.8 Å². The lowest BCUT2D eigenvalue weighted by Crippen LogP contribution is -2.29. The summed E-state index contributed by atoms with van der Waals surface area (Å²) in [5, 5.41) is 9.52. The van der Waals surface area contributed by atoms with E-state index in [0.717, 1.165) is 12.5 Å². The number of pyridine rings is 1. The van der Waals surface area contributed by atoms with Crippen LogP contribution in [-0.4, -0.2) is 34.5 Å². The Morgan fingerprint density at radius 1 is 1.69 bits per heavy atom. The topological polar surface area (TPSA) is 53.4 Å². The molecule has 1 N–H and O–H groups in total. The highest BCUT2D eigenvalue weighted by molar-refractivity contribution is 5.96. The molecule has 2 rings (SSSR count). The van der Waals surface area contributed by atoms with E-state index < -0.39 is 0 Å². The standard InChI is InChI=1S/C12H16N2O2/c1-8-5-9(8)7-14(2)12(16)10-3-4-13-6-11(10)15/h3-4,6,8-9,15H,5,7H2,1-2H3.